The Morgan fingerprint density at radius 3 is 2.67 bits per heavy atom. The van der Waals surface area contributed by atoms with E-state index in [1.54, 1.807) is 19.1 Å². The molecule has 0 unspecified atom stereocenters. The number of hydrogen-bond donors (Lipinski definition) is 1. The Morgan fingerprint density at radius 2 is 2.25 bits per heavy atom. The van der Waals surface area contributed by atoms with E-state index >= 15 is 0 Å². The van der Waals surface area contributed by atoms with Gasteiger partial charge in [0, 0.05) is 0 Å². The number of carboxylic acid groups (broad SMARTS) is 1. The van der Waals surface area contributed by atoms with E-state index in [9.17, 15) is 4.79 Å². The number of carbonyl (C=O) groups is 1. The Hall–Kier alpha value is 0.546. The Morgan fingerprint density at radius 1 is 1.67 bits per heavy atom. The molecule has 0 atom stereocenters. The minimum Gasteiger partial charge on any atom is -1.00 e. The Kier molecular flexibility index (Phi) is 5.56. The van der Waals surface area contributed by atoms with Gasteiger partial charge in [0.25, 0.3) is 0 Å². The van der Waals surface area contributed by atoms with Crippen LogP contribution < -0.4 is 51.4 Å². The maximum atomic E-state index is 10.5. The van der Waals surface area contributed by atoms with Gasteiger partial charge < -0.3 is 6.53 Å². The van der Waals surface area contributed by atoms with E-state index in [1.807, 2.05) is 0 Å². The molecule has 0 aliphatic carbocycles. The predicted molar refractivity (Wildman–Crippen MR) is 42.1 cm³/mol. The molecular weight excluding hydrogens is 205 g/mol. The fraction of sp³-hybridized carbons (Fsp3) is 0.143. The summed E-state index contributed by atoms with van der Waals surface area (Å²) in [5.74, 6) is -1.05. The molecule has 0 saturated carbocycles. The molecule has 0 spiro atoms. The topological polar surface area (TPSA) is 50.2 Å². The van der Waals surface area contributed by atoms with Crippen molar-refractivity contribution in [3.8, 4) is 0 Å². The van der Waals surface area contributed by atoms with Crippen LogP contribution >= 0.6 is 11.6 Å². The van der Waals surface area contributed by atoms with Crippen molar-refractivity contribution in [3.63, 3.8) is 0 Å². The molecule has 3 nitrogen and oxygen atoms in total. The van der Waals surface area contributed by atoms with Crippen molar-refractivity contribution in [2.24, 2.45) is 0 Å². The first-order valence-corrected chi connectivity index (χ1v) is 3.35. The van der Waals surface area contributed by atoms with Crippen molar-refractivity contribution in [2.75, 3.05) is 0 Å². The van der Waals surface area contributed by atoms with Gasteiger partial charge in [-0.2, -0.15) is 0 Å². The van der Waals surface area contributed by atoms with Crippen LogP contribution in [0.3, 0.4) is 0 Å². The normalized spacial score (nSPS) is 8.83. The molecule has 0 radical (unpaired) electrons. The molecule has 0 aliphatic heterocycles. The quantitative estimate of drug-likeness (QED) is 0.472. The molecule has 60 valence electrons. The molecule has 1 heterocycles. The van der Waals surface area contributed by atoms with Crippen LogP contribution in [0.2, 0.25) is 5.15 Å². The number of nitrogens with zero attached hydrogens (tertiary/aromatic N) is 1. The predicted octanol–water partition coefficient (Wildman–Crippen LogP) is -1.14. The van der Waals surface area contributed by atoms with Crippen LogP contribution in [0.25, 0.3) is 0 Å². The van der Waals surface area contributed by atoms with Gasteiger partial charge in [0.1, 0.15) is 5.15 Å². The van der Waals surface area contributed by atoms with E-state index in [-0.39, 0.29) is 63.7 Å². The van der Waals surface area contributed by atoms with Gasteiger partial charge in [-0.3, -0.25) is 0 Å². The van der Waals surface area contributed by atoms with Gasteiger partial charge in [0.05, 0.1) is 0 Å². The van der Waals surface area contributed by atoms with E-state index in [1.165, 1.54) is 0 Å². The first kappa shape index (κ1) is 12.5. The fourth-order valence-corrected chi connectivity index (χ4v) is 0.869. The molecule has 1 aromatic heterocycles. The number of hydrogen-bond acceptors (Lipinski definition) is 2. The van der Waals surface area contributed by atoms with Crippen LogP contribution in [0.1, 0.15) is 17.5 Å². The van der Waals surface area contributed by atoms with Crippen LogP contribution in [0.4, 0.5) is 0 Å². The van der Waals surface area contributed by atoms with Crippen molar-refractivity contribution in [3.05, 3.63) is 28.5 Å². The summed E-state index contributed by atoms with van der Waals surface area (Å²) < 4.78 is 0. The zero-order chi connectivity index (χ0) is 8.43. The average molecular weight is 212 g/mol. The Labute approximate surface area is 119 Å². The van der Waals surface area contributed by atoms with Gasteiger partial charge in [0.2, 0.25) is 0 Å². The summed E-state index contributed by atoms with van der Waals surface area (Å²) in [5, 5.41) is 8.77. The zero-order valence-corrected chi connectivity index (χ0v) is 10.7. The summed E-state index contributed by atoms with van der Waals surface area (Å²) in [7, 11) is 0. The standard InChI is InChI=1S/C7H6ClNO2.K.H/c1-4-2-3-5(8)9-6(4)7(10)11;;/h2-3H,1H3,(H,10,11);;/q;+1;-1. The first-order chi connectivity index (χ1) is 5.11. The summed E-state index contributed by atoms with van der Waals surface area (Å²) in [5.41, 5.74) is 0.624. The SMILES string of the molecule is Cc1ccc(Cl)nc1C(=O)O.[H-].[K+]. The average Bonchev–Trinajstić information content (AvgIpc) is 1.94. The minimum atomic E-state index is -1.05. The maximum Gasteiger partial charge on any atom is 1.00 e. The molecule has 0 aromatic carbocycles. The smallest absolute Gasteiger partial charge is 1.00 e. The second-order valence-electron chi connectivity index (χ2n) is 2.10. The van der Waals surface area contributed by atoms with E-state index < -0.39 is 5.97 Å². The number of pyridine rings is 1. The van der Waals surface area contributed by atoms with E-state index in [2.05, 4.69) is 4.98 Å². The van der Waals surface area contributed by atoms with Crippen LogP contribution in [0.15, 0.2) is 12.1 Å². The molecule has 1 N–H and O–H groups in total. The van der Waals surface area contributed by atoms with Crippen LogP contribution in [0, 0.1) is 6.92 Å². The summed E-state index contributed by atoms with van der Waals surface area (Å²) >= 11 is 5.49. The summed E-state index contributed by atoms with van der Waals surface area (Å²) in [6.07, 6.45) is 0. The number of aromatic carboxylic acids is 1. The molecule has 0 aliphatic rings. The van der Waals surface area contributed by atoms with E-state index in [0.29, 0.717) is 5.56 Å². The maximum absolute atomic E-state index is 10.5. The monoisotopic (exact) mass is 211 g/mol. The summed E-state index contributed by atoms with van der Waals surface area (Å²) in [6, 6.07) is 3.18. The molecule has 1 aromatic rings. The first-order valence-electron chi connectivity index (χ1n) is 2.97. The zero-order valence-electron chi connectivity index (χ0n) is 7.84. The second-order valence-corrected chi connectivity index (χ2v) is 2.49. The third-order valence-electron chi connectivity index (χ3n) is 1.27. The van der Waals surface area contributed by atoms with E-state index in [0.717, 1.165) is 0 Å². The molecular formula is C7H7ClKNO2. The molecule has 0 saturated heterocycles. The van der Waals surface area contributed by atoms with Crippen molar-refractivity contribution >= 4 is 17.6 Å². The molecule has 0 amide bonds. The molecule has 5 heteroatoms. The van der Waals surface area contributed by atoms with Crippen LogP contribution in [-0.4, -0.2) is 16.1 Å². The molecule has 1 rings (SSSR count). The third kappa shape index (κ3) is 3.12. The number of carboxylic acids is 1. The van der Waals surface area contributed by atoms with Crippen molar-refractivity contribution in [2.45, 2.75) is 6.92 Å². The third-order valence-corrected chi connectivity index (χ3v) is 1.48. The van der Waals surface area contributed by atoms with Crippen LogP contribution in [0.5, 0.6) is 0 Å². The van der Waals surface area contributed by atoms with Gasteiger partial charge in [-0.25, -0.2) is 9.78 Å². The number of halogens is 1. The fourth-order valence-electron chi connectivity index (χ4n) is 0.721. The molecule has 0 fully saturated rings. The number of aryl methyl sites for hydroxylation is 1. The van der Waals surface area contributed by atoms with Gasteiger partial charge in [-0.15, -0.1) is 0 Å². The summed E-state index contributed by atoms with van der Waals surface area (Å²) in [4.78, 5) is 14.1. The van der Waals surface area contributed by atoms with Crippen molar-refractivity contribution in [1.29, 1.82) is 0 Å². The van der Waals surface area contributed by atoms with Gasteiger partial charge in [-0.05, 0) is 18.6 Å². The Balaban J connectivity index is 0. The molecule has 12 heavy (non-hydrogen) atoms. The minimum absolute atomic E-state index is 0. The largest absolute Gasteiger partial charge is 1.00 e. The van der Waals surface area contributed by atoms with E-state index in [4.69, 9.17) is 16.7 Å². The number of rotatable bonds is 1. The number of aromatic nitrogens is 1. The van der Waals surface area contributed by atoms with Gasteiger partial charge in [-0.1, -0.05) is 17.7 Å². The van der Waals surface area contributed by atoms with Gasteiger partial charge in [0.15, 0.2) is 5.69 Å². The van der Waals surface area contributed by atoms with Gasteiger partial charge >= 0.3 is 57.4 Å². The van der Waals surface area contributed by atoms with Crippen molar-refractivity contribution in [1.82, 2.24) is 4.98 Å². The van der Waals surface area contributed by atoms with Crippen molar-refractivity contribution < 1.29 is 62.7 Å². The van der Waals surface area contributed by atoms with Crippen LogP contribution in [-0.2, 0) is 0 Å². The summed E-state index contributed by atoms with van der Waals surface area (Å²) in [6.45, 7) is 1.67. The second kappa shape index (κ2) is 5.31. The Bertz CT molecular complexity index is 309. The molecule has 0 bridgehead atoms.